The highest BCUT2D eigenvalue weighted by Crippen LogP contribution is 2.35. The van der Waals surface area contributed by atoms with Gasteiger partial charge in [0.05, 0.1) is 20.0 Å². The number of aliphatic hydroxyl groups is 1. The molecule has 0 aromatic rings. The van der Waals surface area contributed by atoms with Crippen LogP contribution < -0.4 is 9.79 Å². The molecule has 1 rings (SSSR count). The molecule has 5 atom stereocenters. The molecule has 1 heterocycles. The molecule has 120 valence electrons. The first-order chi connectivity index (χ1) is 9.30. The summed E-state index contributed by atoms with van der Waals surface area (Å²) in [7, 11) is -3.64. The minimum Gasteiger partial charge on any atom is -0.790 e. The van der Waals surface area contributed by atoms with Crippen LogP contribution in [0.15, 0.2) is 0 Å². The molecule has 8 nitrogen and oxygen atoms in total. The maximum absolute atomic E-state index is 10.7. The molecule has 0 aromatic heterocycles. The molecular weight excluding hydrogens is 291 g/mol. The number of hydrogen-bond donors (Lipinski definition) is 1. The number of rotatable bonds is 8. The van der Waals surface area contributed by atoms with Gasteiger partial charge in [-0.2, -0.15) is 0 Å². The fourth-order valence-electron chi connectivity index (χ4n) is 2.28. The van der Waals surface area contributed by atoms with Gasteiger partial charge in [0.1, 0.15) is 18.3 Å². The predicted octanol–water partition coefficient (Wildman–Crippen LogP) is -1.21. The number of aliphatic hydroxyl groups excluding tert-OH is 1. The van der Waals surface area contributed by atoms with E-state index in [9.17, 15) is 14.4 Å². The minimum absolute atomic E-state index is 0.0120. The second-order valence-corrected chi connectivity index (χ2v) is 5.78. The monoisotopic (exact) mass is 312 g/mol. The number of phosphoric acid groups is 1. The Kier molecular flexibility index (Phi) is 7.03. The van der Waals surface area contributed by atoms with Crippen molar-refractivity contribution in [3.05, 3.63) is 0 Å². The van der Waals surface area contributed by atoms with E-state index in [2.05, 4.69) is 4.52 Å². The fraction of sp³-hybridized carbons (Fsp3) is 1.00. The van der Waals surface area contributed by atoms with Crippen molar-refractivity contribution in [2.45, 2.75) is 50.8 Å². The van der Waals surface area contributed by atoms with Gasteiger partial charge in [-0.25, -0.2) is 0 Å². The lowest BCUT2D eigenvalue weighted by Crippen LogP contribution is -2.42. The molecule has 0 aromatic carbocycles. The van der Waals surface area contributed by atoms with Crippen LogP contribution in [0.2, 0.25) is 0 Å². The van der Waals surface area contributed by atoms with Crippen molar-refractivity contribution in [1.29, 1.82) is 0 Å². The van der Waals surface area contributed by atoms with Crippen LogP contribution in [0.1, 0.15) is 20.3 Å². The Morgan fingerprint density at radius 3 is 2.55 bits per heavy atom. The van der Waals surface area contributed by atoms with Gasteiger partial charge in [-0.15, -0.1) is 0 Å². The second-order valence-electron chi connectivity index (χ2n) is 4.68. The van der Waals surface area contributed by atoms with Crippen LogP contribution in [-0.2, 0) is 23.3 Å². The number of hydrogen-bond acceptors (Lipinski definition) is 8. The Morgan fingerprint density at radius 2 is 2.05 bits per heavy atom. The van der Waals surface area contributed by atoms with Crippen molar-refractivity contribution in [1.82, 2.24) is 0 Å². The van der Waals surface area contributed by atoms with Gasteiger partial charge in [0.25, 0.3) is 0 Å². The molecular formula is C11H21O8P-2. The lowest BCUT2D eigenvalue weighted by molar-refractivity contribution is -0.346. The first-order valence-electron chi connectivity index (χ1n) is 6.41. The maximum atomic E-state index is 10.7. The van der Waals surface area contributed by atoms with E-state index in [0.717, 1.165) is 0 Å². The van der Waals surface area contributed by atoms with E-state index >= 15 is 0 Å². The molecule has 0 unspecified atom stereocenters. The maximum Gasteiger partial charge on any atom is 0.114 e. The predicted molar refractivity (Wildman–Crippen MR) is 64.7 cm³/mol. The van der Waals surface area contributed by atoms with E-state index in [1.54, 1.807) is 6.92 Å². The van der Waals surface area contributed by atoms with Crippen molar-refractivity contribution in [3.8, 4) is 0 Å². The topological polar surface area (TPSA) is 120 Å². The summed E-state index contributed by atoms with van der Waals surface area (Å²) in [5, 5.41) is 8.73. The number of phosphoric ester groups is 1. The van der Waals surface area contributed by atoms with E-state index in [1.165, 1.54) is 14.0 Å². The van der Waals surface area contributed by atoms with Crippen molar-refractivity contribution in [2.75, 3.05) is 20.3 Å². The Balaban J connectivity index is 2.66. The Bertz CT molecular complexity index is 332. The quantitative estimate of drug-likeness (QED) is 0.438. The van der Waals surface area contributed by atoms with E-state index in [0.29, 0.717) is 13.0 Å². The highest BCUT2D eigenvalue weighted by Gasteiger charge is 2.46. The largest absolute Gasteiger partial charge is 0.790 e. The summed E-state index contributed by atoms with van der Waals surface area (Å²) in [5.41, 5.74) is 0. The summed E-state index contributed by atoms with van der Waals surface area (Å²) in [6.45, 7) is 3.54. The van der Waals surface area contributed by atoms with Gasteiger partial charge >= 0.3 is 0 Å². The van der Waals surface area contributed by atoms with E-state index in [-0.39, 0.29) is 12.7 Å². The smallest absolute Gasteiger partial charge is 0.114 e. The molecule has 0 amide bonds. The summed E-state index contributed by atoms with van der Waals surface area (Å²) in [6, 6.07) is 0. The van der Waals surface area contributed by atoms with Crippen LogP contribution in [0.3, 0.4) is 0 Å². The van der Waals surface area contributed by atoms with Gasteiger partial charge in [-0.3, -0.25) is 0 Å². The third-order valence-corrected chi connectivity index (χ3v) is 3.72. The van der Waals surface area contributed by atoms with Gasteiger partial charge in [0.15, 0.2) is 0 Å². The zero-order valence-corrected chi connectivity index (χ0v) is 12.7. The molecule has 0 spiro atoms. The van der Waals surface area contributed by atoms with Gasteiger partial charge < -0.3 is 38.2 Å². The summed E-state index contributed by atoms with van der Waals surface area (Å²) in [5.74, 6) is 0. The Labute approximate surface area is 118 Å². The number of methoxy groups -OCH3 is 1. The van der Waals surface area contributed by atoms with Crippen molar-refractivity contribution < 1.29 is 38.2 Å². The normalized spacial score (nSPS) is 32.5. The van der Waals surface area contributed by atoms with E-state index in [1.807, 2.05) is 0 Å². The molecule has 0 bridgehead atoms. The fourth-order valence-corrected chi connectivity index (χ4v) is 2.81. The third-order valence-electron chi connectivity index (χ3n) is 3.12. The van der Waals surface area contributed by atoms with Crippen LogP contribution in [-0.4, -0.2) is 55.9 Å². The average molecular weight is 312 g/mol. The zero-order valence-electron chi connectivity index (χ0n) is 11.8. The minimum atomic E-state index is -5.09. The van der Waals surface area contributed by atoms with Crippen LogP contribution >= 0.6 is 7.82 Å². The van der Waals surface area contributed by atoms with Gasteiger partial charge in [-0.05, 0) is 20.3 Å². The lowest BCUT2D eigenvalue weighted by Gasteiger charge is -2.35. The highest BCUT2D eigenvalue weighted by atomic mass is 31.2. The first kappa shape index (κ1) is 18.0. The van der Waals surface area contributed by atoms with Crippen LogP contribution in [0.4, 0.5) is 0 Å². The summed E-state index contributed by atoms with van der Waals surface area (Å²) < 4.78 is 31.5. The second kappa shape index (κ2) is 7.82. The van der Waals surface area contributed by atoms with Crippen LogP contribution in [0, 0.1) is 0 Å². The van der Waals surface area contributed by atoms with Gasteiger partial charge in [0, 0.05) is 20.3 Å². The molecule has 0 saturated carbocycles. The van der Waals surface area contributed by atoms with Crippen LogP contribution in [0.5, 0.6) is 0 Å². The summed E-state index contributed by atoms with van der Waals surface area (Å²) in [4.78, 5) is 21.3. The van der Waals surface area contributed by atoms with Gasteiger partial charge in [-0.1, -0.05) is 0 Å². The average Bonchev–Trinajstić information content (AvgIpc) is 2.64. The van der Waals surface area contributed by atoms with Crippen molar-refractivity contribution >= 4 is 7.82 Å². The molecule has 0 radical (unpaired) electrons. The van der Waals surface area contributed by atoms with E-state index < -0.39 is 32.2 Å². The molecule has 1 fully saturated rings. The summed E-state index contributed by atoms with van der Waals surface area (Å²) in [6.07, 6.45) is -2.51. The lowest BCUT2D eigenvalue weighted by atomic mass is 10.0. The molecule has 1 N–H and O–H groups in total. The Hall–Kier alpha value is -0.0500. The Morgan fingerprint density at radius 1 is 1.40 bits per heavy atom. The zero-order chi connectivity index (χ0) is 15.3. The van der Waals surface area contributed by atoms with Crippen LogP contribution in [0.25, 0.3) is 0 Å². The van der Waals surface area contributed by atoms with Crippen molar-refractivity contribution in [3.63, 3.8) is 0 Å². The van der Waals surface area contributed by atoms with Gasteiger partial charge in [0.2, 0.25) is 0 Å². The summed E-state index contributed by atoms with van der Waals surface area (Å²) >= 11 is 0. The molecule has 1 aliphatic rings. The molecule has 0 aliphatic carbocycles. The number of ether oxygens (including phenoxy) is 3. The first-order valence-corrected chi connectivity index (χ1v) is 7.87. The van der Waals surface area contributed by atoms with E-state index in [4.69, 9.17) is 19.3 Å². The standard InChI is InChI=1S/C11H23O8P/c1-7-9(17-6-4-5-12)11(16-3)10(18-7)8(2)19-20(13,14)15/h7-12H,4-6H2,1-3H3,(H2,13,14,15)/p-2/t7-,8+,9-,10+,11-/m0/s1. The third kappa shape index (κ3) is 5.05. The molecule has 1 saturated heterocycles. The molecule has 9 heteroatoms. The molecule has 20 heavy (non-hydrogen) atoms. The molecule has 1 aliphatic heterocycles. The SMILES string of the molecule is CO[C@H]1[C@@H](OCCCO)[C@H](C)O[C@@H]1[C@@H](C)OP(=O)([O-])[O-]. The highest BCUT2D eigenvalue weighted by molar-refractivity contribution is 7.43. The van der Waals surface area contributed by atoms with Crippen molar-refractivity contribution in [2.24, 2.45) is 0 Å².